The van der Waals surface area contributed by atoms with Crippen LogP contribution in [0.5, 0.6) is 0 Å². The van der Waals surface area contributed by atoms with Crippen LogP contribution in [-0.2, 0) is 14.4 Å². The molecule has 0 aliphatic carbocycles. The molecule has 0 radical (unpaired) electrons. The monoisotopic (exact) mass is 227 g/mol. The molecule has 0 fully saturated rings. The lowest BCUT2D eigenvalue weighted by Gasteiger charge is -2.24. The van der Waals surface area contributed by atoms with E-state index in [-0.39, 0.29) is 24.3 Å². The first kappa shape index (κ1) is 14.2. The normalized spacial score (nSPS) is 9.50. The van der Waals surface area contributed by atoms with Crippen molar-refractivity contribution in [1.29, 1.82) is 0 Å². The van der Waals surface area contributed by atoms with Crippen molar-refractivity contribution in [3.05, 3.63) is 12.8 Å². The highest BCUT2D eigenvalue weighted by atomic mass is 16.2. The molecule has 0 aliphatic rings. The van der Waals surface area contributed by atoms with Crippen molar-refractivity contribution in [3.8, 4) is 0 Å². The maximum absolute atomic E-state index is 11.1. The number of nitrogens with zero attached hydrogens (tertiary/aromatic N) is 1. The molecule has 0 rings (SSSR count). The van der Waals surface area contributed by atoms with Crippen molar-refractivity contribution in [2.24, 2.45) is 0 Å². The quantitative estimate of drug-likeness (QED) is 0.626. The zero-order valence-corrected chi connectivity index (χ0v) is 9.74. The largest absolute Gasteiger partial charge is 0.335 e. The summed E-state index contributed by atoms with van der Waals surface area (Å²) in [6, 6.07) is 0. The van der Waals surface area contributed by atoms with Gasteiger partial charge < -0.3 is 15.5 Å². The minimum absolute atomic E-state index is 0.151. The average Bonchev–Trinajstić information content (AvgIpc) is 2.11. The van der Waals surface area contributed by atoms with Gasteiger partial charge in [0, 0.05) is 20.8 Å². The van der Waals surface area contributed by atoms with E-state index in [9.17, 15) is 14.4 Å². The van der Waals surface area contributed by atoms with Crippen molar-refractivity contribution >= 4 is 17.7 Å². The standard InChI is InChI=1S/C10H17N3O3/c1-5-13(9(4)16)6-10(11-7(2)14)12-8(3)15/h5,10H,1,6H2,2-4H3,(H,11,14)(H,12,15). The van der Waals surface area contributed by atoms with Crippen LogP contribution in [-0.4, -0.2) is 35.3 Å². The summed E-state index contributed by atoms with van der Waals surface area (Å²) in [5.74, 6) is -0.784. The molecule has 0 aromatic rings. The van der Waals surface area contributed by atoms with Crippen LogP contribution >= 0.6 is 0 Å². The smallest absolute Gasteiger partial charge is 0.223 e. The summed E-state index contributed by atoms with van der Waals surface area (Å²) >= 11 is 0. The first-order valence-corrected chi connectivity index (χ1v) is 4.80. The Labute approximate surface area is 94.7 Å². The average molecular weight is 227 g/mol. The van der Waals surface area contributed by atoms with E-state index in [1.54, 1.807) is 0 Å². The summed E-state index contributed by atoms with van der Waals surface area (Å²) < 4.78 is 0. The molecule has 0 unspecified atom stereocenters. The van der Waals surface area contributed by atoms with Gasteiger partial charge in [-0.1, -0.05) is 6.58 Å². The van der Waals surface area contributed by atoms with Crippen LogP contribution in [0.2, 0.25) is 0 Å². The molecular weight excluding hydrogens is 210 g/mol. The number of nitrogens with one attached hydrogen (secondary N) is 2. The van der Waals surface area contributed by atoms with Gasteiger partial charge in [0.25, 0.3) is 0 Å². The maximum Gasteiger partial charge on any atom is 0.223 e. The summed E-state index contributed by atoms with van der Waals surface area (Å²) in [6.45, 7) is 7.67. The Morgan fingerprint density at radius 1 is 1.19 bits per heavy atom. The molecule has 3 amide bonds. The van der Waals surface area contributed by atoms with Crippen LogP contribution < -0.4 is 10.6 Å². The molecule has 0 aromatic carbocycles. The molecule has 0 atom stereocenters. The SMILES string of the molecule is C=CN(CC(NC(C)=O)NC(C)=O)C(C)=O. The summed E-state index contributed by atoms with van der Waals surface area (Å²) in [7, 11) is 0. The van der Waals surface area contributed by atoms with Gasteiger partial charge in [-0.15, -0.1) is 0 Å². The van der Waals surface area contributed by atoms with E-state index in [1.165, 1.54) is 31.9 Å². The third-order valence-electron chi connectivity index (χ3n) is 1.76. The molecule has 2 N–H and O–H groups in total. The Hall–Kier alpha value is -1.85. The molecule has 6 nitrogen and oxygen atoms in total. The highest BCUT2D eigenvalue weighted by Crippen LogP contribution is 1.93. The predicted molar refractivity (Wildman–Crippen MR) is 59.0 cm³/mol. The zero-order valence-electron chi connectivity index (χ0n) is 9.74. The Bertz CT molecular complexity index is 286. The minimum atomic E-state index is -0.614. The number of amides is 3. The van der Waals surface area contributed by atoms with Crippen LogP contribution in [0.3, 0.4) is 0 Å². The fraction of sp³-hybridized carbons (Fsp3) is 0.500. The lowest BCUT2D eigenvalue weighted by Crippen LogP contribution is -2.52. The van der Waals surface area contributed by atoms with Crippen LogP contribution in [0.1, 0.15) is 20.8 Å². The molecule has 6 heteroatoms. The van der Waals surface area contributed by atoms with Gasteiger partial charge in [0.15, 0.2) is 0 Å². The van der Waals surface area contributed by atoms with E-state index in [1.807, 2.05) is 0 Å². The summed E-state index contributed by atoms with van der Waals surface area (Å²) in [5.41, 5.74) is 0. The van der Waals surface area contributed by atoms with E-state index in [4.69, 9.17) is 0 Å². The van der Waals surface area contributed by atoms with Gasteiger partial charge in [-0.3, -0.25) is 14.4 Å². The van der Waals surface area contributed by atoms with Crippen molar-refractivity contribution in [2.75, 3.05) is 6.54 Å². The van der Waals surface area contributed by atoms with Gasteiger partial charge in [0.2, 0.25) is 17.7 Å². The molecular formula is C10H17N3O3. The van der Waals surface area contributed by atoms with Gasteiger partial charge >= 0.3 is 0 Å². The first-order valence-electron chi connectivity index (χ1n) is 4.80. The van der Waals surface area contributed by atoms with Crippen LogP contribution in [0.15, 0.2) is 12.8 Å². The van der Waals surface area contributed by atoms with Gasteiger partial charge in [-0.25, -0.2) is 0 Å². The van der Waals surface area contributed by atoms with Crippen molar-refractivity contribution < 1.29 is 14.4 Å². The number of carbonyl (C=O) groups is 3. The maximum atomic E-state index is 11.1. The highest BCUT2D eigenvalue weighted by Gasteiger charge is 2.15. The second-order valence-electron chi connectivity index (χ2n) is 3.31. The Morgan fingerprint density at radius 3 is 1.88 bits per heavy atom. The van der Waals surface area contributed by atoms with Crippen LogP contribution in [0.4, 0.5) is 0 Å². The highest BCUT2D eigenvalue weighted by molar-refractivity contribution is 5.77. The third kappa shape index (κ3) is 5.79. The molecule has 90 valence electrons. The van der Waals surface area contributed by atoms with Gasteiger partial charge in [0.1, 0.15) is 6.17 Å². The van der Waals surface area contributed by atoms with Crippen molar-refractivity contribution in [1.82, 2.24) is 15.5 Å². The van der Waals surface area contributed by atoms with E-state index in [0.29, 0.717) is 0 Å². The Morgan fingerprint density at radius 2 is 1.62 bits per heavy atom. The second kappa shape index (κ2) is 6.60. The van der Waals surface area contributed by atoms with Crippen molar-refractivity contribution in [2.45, 2.75) is 26.9 Å². The van der Waals surface area contributed by atoms with Crippen LogP contribution in [0.25, 0.3) is 0 Å². The Balaban J connectivity index is 4.50. The molecule has 0 heterocycles. The van der Waals surface area contributed by atoms with E-state index in [0.717, 1.165) is 0 Å². The predicted octanol–water partition coefficient (Wildman–Crippen LogP) is -0.423. The second-order valence-corrected chi connectivity index (χ2v) is 3.31. The summed E-state index contributed by atoms with van der Waals surface area (Å²) in [6.07, 6.45) is 0.732. The van der Waals surface area contributed by atoms with Gasteiger partial charge in [-0.2, -0.15) is 0 Å². The topological polar surface area (TPSA) is 78.5 Å². The summed E-state index contributed by atoms with van der Waals surface area (Å²) in [5, 5.41) is 5.04. The molecule has 0 aromatic heterocycles. The molecule has 0 saturated heterocycles. The molecule has 0 saturated carbocycles. The Kier molecular flexibility index (Phi) is 5.84. The first-order chi connectivity index (χ1) is 7.36. The lowest BCUT2D eigenvalue weighted by molar-refractivity contribution is -0.129. The zero-order chi connectivity index (χ0) is 12.7. The van der Waals surface area contributed by atoms with E-state index in [2.05, 4.69) is 17.2 Å². The lowest BCUT2D eigenvalue weighted by atomic mass is 10.4. The molecule has 16 heavy (non-hydrogen) atoms. The number of rotatable bonds is 5. The molecule has 0 bridgehead atoms. The van der Waals surface area contributed by atoms with E-state index < -0.39 is 6.17 Å². The number of hydrogen-bond donors (Lipinski definition) is 2. The fourth-order valence-corrected chi connectivity index (χ4v) is 1.15. The number of carbonyl (C=O) groups excluding carboxylic acids is 3. The van der Waals surface area contributed by atoms with Gasteiger partial charge in [-0.05, 0) is 6.20 Å². The molecule has 0 spiro atoms. The third-order valence-corrected chi connectivity index (χ3v) is 1.76. The minimum Gasteiger partial charge on any atom is -0.335 e. The number of hydrogen-bond acceptors (Lipinski definition) is 3. The van der Waals surface area contributed by atoms with Crippen molar-refractivity contribution in [3.63, 3.8) is 0 Å². The van der Waals surface area contributed by atoms with E-state index >= 15 is 0 Å². The molecule has 0 aliphatic heterocycles. The van der Waals surface area contributed by atoms with Gasteiger partial charge in [0.05, 0.1) is 6.54 Å². The van der Waals surface area contributed by atoms with Crippen LogP contribution in [0, 0.1) is 0 Å². The fourth-order valence-electron chi connectivity index (χ4n) is 1.15. The summed E-state index contributed by atoms with van der Waals surface area (Å²) in [4.78, 5) is 34.2.